The van der Waals surface area contributed by atoms with Crippen molar-refractivity contribution in [3.8, 4) is 0 Å². The van der Waals surface area contributed by atoms with Crippen LogP contribution < -0.4 is 5.48 Å². The molecule has 0 bridgehead atoms. The minimum atomic E-state index is -0.599. The summed E-state index contributed by atoms with van der Waals surface area (Å²) in [6.45, 7) is 0. The van der Waals surface area contributed by atoms with E-state index in [0.29, 0.717) is 10.9 Å². The molecule has 1 aromatic carbocycles. The Morgan fingerprint density at radius 3 is 2.80 bits per heavy atom. The minimum absolute atomic E-state index is 0.0607. The van der Waals surface area contributed by atoms with E-state index < -0.39 is 4.92 Å². The number of hydrogen-bond donors (Lipinski definition) is 2. The lowest BCUT2D eigenvalue weighted by Gasteiger charge is -2.04. The largest absolute Gasteiger partial charge is 0.313 e. The van der Waals surface area contributed by atoms with Crippen LogP contribution in [0.2, 0.25) is 0 Å². The normalized spacial score (nSPS) is 10.2. The van der Waals surface area contributed by atoms with Gasteiger partial charge >= 0.3 is 5.69 Å². The van der Waals surface area contributed by atoms with Gasteiger partial charge in [-0.3, -0.25) is 20.8 Å². The van der Waals surface area contributed by atoms with E-state index in [9.17, 15) is 10.1 Å². The van der Waals surface area contributed by atoms with Crippen LogP contribution in [-0.4, -0.2) is 15.1 Å². The monoisotopic (exact) mass is 205 g/mol. The van der Waals surface area contributed by atoms with E-state index in [0.717, 1.165) is 6.20 Å². The van der Waals surface area contributed by atoms with Crippen LogP contribution in [0.3, 0.4) is 0 Å². The molecule has 0 amide bonds. The highest BCUT2D eigenvalue weighted by molar-refractivity contribution is 5.95. The molecule has 0 aliphatic carbocycles. The molecule has 2 N–H and O–H groups in total. The summed E-state index contributed by atoms with van der Waals surface area (Å²) in [5, 5.41) is 20.0. The lowest BCUT2D eigenvalue weighted by molar-refractivity contribution is -0.384. The molecule has 2 rings (SSSR count). The molecular weight excluding hydrogens is 198 g/mol. The molecule has 0 aliphatic heterocycles. The van der Waals surface area contributed by atoms with Gasteiger partial charge in [-0.15, -0.1) is 0 Å². The van der Waals surface area contributed by atoms with Gasteiger partial charge < -0.3 is 0 Å². The van der Waals surface area contributed by atoms with Gasteiger partial charge in [0.25, 0.3) is 0 Å². The van der Waals surface area contributed by atoms with E-state index in [1.165, 1.54) is 0 Å². The fourth-order valence-electron chi connectivity index (χ4n) is 1.39. The van der Waals surface area contributed by atoms with Gasteiger partial charge in [0.05, 0.1) is 10.4 Å². The van der Waals surface area contributed by atoms with Crippen LogP contribution in [0.15, 0.2) is 30.5 Å². The van der Waals surface area contributed by atoms with Crippen molar-refractivity contribution in [1.82, 2.24) is 4.98 Å². The Kier molecular flexibility index (Phi) is 2.18. The van der Waals surface area contributed by atoms with Crippen molar-refractivity contribution < 1.29 is 10.1 Å². The van der Waals surface area contributed by atoms with Crippen LogP contribution in [0.4, 0.5) is 11.4 Å². The third kappa shape index (κ3) is 1.46. The number of nitro groups is 1. The molecule has 15 heavy (non-hydrogen) atoms. The van der Waals surface area contributed by atoms with Gasteiger partial charge in [0.15, 0.2) is 0 Å². The Morgan fingerprint density at radius 1 is 1.40 bits per heavy atom. The number of aromatic nitrogens is 1. The summed E-state index contributed by atoms with van der Waals surface area (Å²) < 4.78 is 0. The summed E-state index contributed by atoms with van der Waals surface area (Å²) in [4.78, 5) is 14.0. The maximum atomic E-state index is 10.6. The summed E-state index contributed by atoms with van der Waals surface area (Å²) in [5.74, 6) is 0. The van der Waals surface area contributed by atoms with E-state index >= 15 is 0 Å². The first-order valence-corrected chi connectivity index (χ1v) is 4.16. The zero-order valence-corrected chi connectivity index (χ0v) is 7.54. The first-order chi connectivity index (χ1) is 7.24. The fourth-order valence-corrected chi connectivity index (χ4v) is 1.39. The maximum absolute atomic E-state index is 10.6. The first-order valence-electron chi connectivity index (χ1n) is 4.16. The Hall–Kier alpha value is -2.21. The summed E-state index contributed by atoms with van der Waals surface area (Å²) in [5.41, 5.74) is 2.23. The van der Waals surface area contributed by atoms with Crippen molar-refractivity contribution in [2.24, 2.45) is 0 Å². The Labute approximate surface area is 84.3 Å². The lowest BCUT2D eigenvalue weighted by atomic mass is 10.2. The number of benzene rings is 1. The number of rotatable bonds is 2. The van der Waals surface area contributed by atoms with Gasteiger partial charge in [-0.05, 0) is 6.07 Å². The van der Waals surface area contributed by atoms with E-state index in [1.54, 1.807) is 24.3 Å². The Balaban J connectivity index is 2.81. The fraction of sp³-hybridized carbons (Fsp3) is 0. The van der Waals surface area contributed by atoms with Gasteiger partial charge in [-0.25, -0.2) is 4.98 Å². The van der Waals surface area contributed by atoms with Crippen LogP contribution >= 0.6 is 0 Å². The van der Waals surface area contributed by atoms with Crippen LogP contribution in [0.5, 0.6) is 0 Å². The molecule has 0 fully saturated rings. The number of hydrogen-bond acceptors (Lipinski definition) is 5. The minimum Gasteiger partial charge on any atom is -0.291 e. The van der Waals surface area contributed by atoms with Crippen molar-refractivity contribution in [2.75, 3.05) is 5.48 Å². The van der Waals surface area contributed by atoms with Crippen molar-refractivity contribution in [3.63, 3.8) is 0 Å². The molecule has 76 valence electrons. The molecule has 0 atom stereocenters. The first kappa shape index (κ1) is 9.35. The Bertz CT molecular complexity index is 527. The van der Waals surface area contributed by atoms with Crippen LogP contribution in [0, 0.1) is 10.1 Å². The molecule has 0 unspecified atom stereocenters. The van der Waals surface area contributed by atoms with Gasteiger partial charge in [0.2, 0.25) is 0 Å². The smallest absolute Gasteiger partial charge is 0.291 e. The van der Waals surface area contributed by atoms with Crippen molar-refractivity contribution in [2.45, 2.75) is 0 Å². The summed E-state index contributed by atoms with van der Waals surface area (Å²) in [7, 11) is 0. The summed E-state index contributed by atoms with van der Waals surface area (Å²) in [6.07, 6.45) is 1.11. The third-order valence-electron chi connectivity index (χ3n) is 2.06. The van der Waals surface area contributed by atoms with Gasteiger partial charge in [-0.1, -0.05) is 18.2 Å². The van der Waals surface area contributed by atoms with Gasteiger partial charge in [-0.2, -0.15) is 0 Å². The second-order valence-corrected chi connectivity index (χ2v) is 2.90. The highest BCUT2D eigenvalue weighted by Gasteiger charge is 2.16. The van der Waals surface area contributed by atoms with Crippen LogP contribution in [0.25, 0.3) is 10.9 Å². The molecule has 0 aliphatic rings. The molecule has 6 nitrogen and oxygen atoms in total. The van der Waals surface area contributed by atoms with Gasteiger partial charge in [0, 0.05) is 5.39 Å². The van der Waals surface area contributed by atoms with Gasteiger partial charge in [0.1, 0.15) is 11.9 Å². The predicted octanol–water partition coefficient (Wildman–Crippen LogP) is 1.94. The zero-order chi connectivity index (χ0) is 10.8. The number of nitrogens with zero attached hydrogens (tertiary/aromatic N) is 2. The number of fused-ring (bicyclic) bond motifs is 1. The van der Waals surface area contributed by atoms with Crippen molar-refractivity contribution in [3.05, 3.63) is 40.6 Å². The average molecular weight is 205 g/mol. The molecule has 0 radical (unpaired) electrons. The second kappa shape index (κ2) is 3.50. The molecule has 0 saturated carbocycles. The van der Waals surface area contributed by atoms with E-state index in [2.05, 4.69) is 4.98 Å². The zero-order valence-electron chi connectivity index (χ0n) is 7.54. The van der Waals surface area contributed by atoms with E-state index in [1.807, 2.05) is 5.48 Å². The second-order valence-electron chi connectivity index (χ2n) is 2.90. The molecule has 6 heteroatoms. The molecule has 0 saturated heterocycles. The molecular formula is C9H7N3O3. The number of anilines is 1. The average Bonchev–Trinajstić information content (AvgIpc) is 2.27. The molecule has 1 aromatic heterocycles. The standard InChI is InChI=1S/C9H7N3O3/c13-11-9-6-3-1-2-4-7(6)10-5-8(9)12(14)15/h1-5,13H,(H,10,11). The number of nitrogens with one attached hydrogen (secondary N) is 1. The van der Waals surface area contributed by atoms with Crippen molar-refractivity contribution >= 4 is 22.3 Å². The van der Waals surface area contributed by atoms with E-state index in [-0.39, 0.29) is 11.4 Å². The molecule has 2 aromatic rings. The lowest BCUT2D eigenvalue weighted by Crippen LogP contribution is -1.99. The van der Waals surface area contributed by atoms with E-state index in [4.69, 9.17) is 5.21 Å². The summed E-state index contributed by atoms with van der Waals surface area (Å²) >= 11 is 0. The predicted molar refractivity (Wildman–Crippen MR) is 53.8 cm³/mol. The number of para-hydroxylation sites is 1. The Morgan fingerprint density at radius 2 is 2.13 bits per heavy atom. The quantitative estimate of drug-likeness (QED) is 0.577. The topological polar surface area (TPSA) is 88.3 Å². The summed E-state index contributed by atoms with van der Waals surface area (Å²) in [6, 6.07) is 6.84. The van der Waals surface area contributed by atoms with Crippen LogP contribution in [-0.2, 0) is 0 Å². The van der Waals surface area contributed by atoms with Crippen LogP contribution in [0.1, 0.15) is 0 Å². The van der Waals surface area contributed by atoms with Crippen molar-refractivity contribution in [1.29, 1.82) is 0 Å². The highest BCUT2D eigenvalue weighted by Crippen LogP contribution is 2.30. The maximum Gasteiger partial charge on any atom is 0.313 e. The highest BCUT2D eigenvalue weighted by atomic mass is 16.6. The molecule has 0 spiro atoms. The SMILES string of the molecule is O=[N+]([O-])c1cnc2ccccc2c1NO. The third-order valence-corrected chi connectivity index (χ3v) is 2.06. The molecule has 1 heterocycles. The number of pyridine rings is 1.